The van der Waals surface area contributed by atoms with Gasteiger partial charge in [-0.15, -0.1) is 0 Å². The summed E-state index contributed by atoms with van der Waals surface area (Å²) in [7, 11) is 0. The van der Waals surface area contributed by atoms with E-state index in [4.69, 9.17) is 19.3 Å². The van der Waals surface area contributed by atoms with E-state index in [1.807, 2.05) is 0 Å². The number of carbonyl (C=O) groups excluding carboxylic acids is 5. The molecule has 0 spiro atoms. The third-order valence-corrected chi connectivity index (χ3v) is 17.7. The number of carbonyl (C=O) groups is 6. The van der Waals surface area contributed by atoms with Gasteiger partial charge in [0.15, 0.2) is 0 Å². The van der Waals surface area contributed by atoms with E-state index in [1.165, 1.54) is 231 Å². The number of carboxylic acids is 1. The van der Waals surface area contributed by atoms with Crippen LogP contribution in [-0.4, -0.2) is 70.6 Å². The Hall–Kier alpha value is -2.82. The lowest BCUT2D eigenvalue weighted by Gasteiger charge is -2.18. The molecule has 0 amide bonds. The molecule has 0 aromatic rings. The van der Waals surface area contributed by atoms with Gasteiger partial charge in [0.25, 0.3) is 0 Å². The van der Waals surface area contributed by atoms with E-state index < -0.39 is 5.97 Å². The minimum Gasteiger partial charge on any atom is -0.481 e. The van der Waals surface area contributed by atoms with Gasteiger partial charge in [-0.05, 0) is 121 Å². The molecule has 0 bridgehead atoms. The zero-order chi connectivity index (χ0) is 67.0. The molecule has 0 aliphatic carbocycles. The second-order valence-electron chi connectivity index (χ2n) is 26.9. The van der Waals surface area contributed by atoms with Gasteiger partial charge in [0.05, 0.1) is 0 Å². The number of ether oxygens (including phenoxy) is 3. The van der Waals surface area contributed by atoms with E-state index in [0.717, 1.165) is 77.0 Å². The molecule has 0 atom stereocenters. The first-order chi connectivity index (χ1) is 43.8. The predicted octanol–water partition coefficient (Wildman–Crippen LogP) is 24.1. The second kappa shape index (κ2) is 75.2. The maximum atomic E-state index is 12.6. The van der Waals surface area contributed by atoms with Gasteiger partial charge in [0.2, 0.25) is 0 Å². The highest BCUT2D eigenvalue weighted by atomic mass is 16.6. The van der Waals surface area contributed by atoms with Crippen molar-refractivity contribution >= 4 is 35.4 Å². The molecule has 2 N–H and O–H groups in total. The first-order valence-corrected chi connectivity index (χ1v) is 39.2. The lowest BCUT2D eigenvalue weighted by molar-refractivity contribution is -0.151. The molecule has 0 heterocycles. The van der Waals surface area contributed by atoms with Gasteiger partial charge in [-0.3, -0.25) is 28.8 Å². The Bertz CT molecular complexity index is 1440. The van der Waals surface area contributed by atoms with Gasteiger partial charge in [-0.1, -0.05) is 274 Å². The second-order valence-corrected chi connectivity index (χ2v) is 26.9. The molecule has 0 fully saturated rings. The molecule has 0 rings (SSSR count). The first-order valence-electron chi connectivity index (χ1n) is 39.2. The highest BCUT2D eigenvalue weighted by Gasteiger charge is 2.19. The van der Waals surface area contributed by atoms with E-state index in [1.54, 1.807) is 0 Å². The summed E-state index contributed by atoms with van der Waals surface area (Å²) < 4.78 is 17.5. The van der Waals surface area contributed by atoms with Crippen molar-refractivity contribution in [3.8, 4) is 0 Å². The number of aliphatic carboxylic acids is 1. The summed E-state index contributed by atoms with van der Waals surface area (Å²) in [4.78, 5) is 72.0. The first kappa shape index (κ1) is 91.4. The maximum absolute atomic E-state index is 12.6. The van der Waals surface area contributed by atoms with Crippen molar-refractivity contribution < 1.29 is 53.2 Å². The van der Waals surface area contributed by atoms with E-state index in [0.29, 0.717) is 70.3 Å². The largest absolute Gasteiger partial charge is 0.481 e. The van der Waals surface area contributed by atoms with Gasteiger partial charge >= 0.3 is 23.9 Å². The lowest BCUT2D eigenvalue weighted by atomic mass is 9.95. The molecule has 11 nitrogen and oxygen atoms in total. The normalized spacial score (nSPS) is 11.3. The van der Waals surface area contributed by atoms with E-state index in [2.05, 4.69) is 55.4 Å². The fraction of sp³-hybridized carbons (Fsp3) is 0.924. The molecule has 11 heteroatoms. The number of aliphatic hydroxyl groups is 1. The Morgan fingerprint density at radius 1 is 0.244 bits per heavy atom. The number of hydrogen-bond donors (Lipinski definition) is 2. The molecule has 0 unspecified atom stereocenters. The Balaban J connectivity index is -0.00000140. The number of carboxylic acid groups (broad SMARTS) is 1. The van der Waals surface area contributed by atoms with Crippen LogP contribution in [0.2, 0.25) is 0 Å². The van der Waals surface area contributed by atoms with Crippen molar-refractivity contribution in [3.05, 3.63) is 0 Å². The number of unbranched alkanes of at least 4 members (excludes halogenated alkanes) is 32. The quantitative estimate of drug-likeness (QED) is 0.0337. The summed E-state index contributed by atoms with van der Waals surface area (Å²) in [6, 6.07) is 0. The number of hydrogen-bond acceptors (Lipinski definition) is 10. The van der Waals surface area contributed by atoms with Crippen LogP contribution in [0.15, 0.2) is 0 Å². The molecule has 0 aromatic carbocycles. The van der Waals surface area contributed by atoms with E-state index in [-0.39, 0.29) is 67.0 Å². The third kappa shape index (κ3) is 72.6. The molecule has 0 aliphatic rings. The molecular formula is C79H152O11. The van der Waals surface area contributed by atoms with Crippen LogP contribution in [0, 0.1) is 5.92 Å². The van der Waals surface area contributed by atoms with Gasteiger partial charge < -0.3 is 24.4 Å². The standard InChI is InChI=1S/C39H74O5.C24H44O5.C16H34O/c1-5-9-13-17-21-29-36(30-22-18-14-10-6-2)43-38(41)33-25-27-35(40)28-26-34-39(42)44-37(31-23-19-15-11-7-3)32-24-20-16-12-8-4;1-3-5-7-9-11-17-22(18-12-10-8-6-4-2)29-24(28)20-14-16-21(25)15-13-19-23(26)27;1-3-5-7-9-11-13-16(15-17)14-12-10-8-6-4-2/h36-37H,5-34H2,1-4H3;22H,3-20H2,1-2H3,(H,26,27);16-17H,3-15H2,1-2H3. The molecular weight excluding hydrogens is 1120 g/mol. The number of aliphatic hydroxyl groups excluding tert-OH is 1. The van der Waals surface area contributed by atoms with Crippen molar-refractivity contribution in [2.45, 2.75) is 459 Å². The van der Waals surface area contributed by atoms with Crippen LogP contribution in [0.3, 0.4) is 0 Å². The maximum Gasteiger partial charge on any atom is 0.306 e. The SMILES string of the molecule is CCCCCCCC(CCCCCCC)OC(=O)CCCC(=O)CCCC(=O)O.CCCCCCCC(CCCCCCC)OC(=O)CCCC(=O)CCCC(=O)OC(CCCCCCC)CCCCCCC.CCCCCCCC(CO)CCCCCCC. The van der Waals surface area contributed by atoms with Crippen LogP contribution < -0.4 is 0 Å². The fourth-order valence-electron chi connectivity index (χ4n) is 11.8. The summed E-state index contributed by atoms with van der Waals surface area (Å²) in [6.45, 7) is 18.2. The molecule has 0 aromatic heterocycles. The highest BCUT2D eigenvalue weighted by molar-refractivity contribution is 5.80. The average Bonchev–Trinajstić information content (AvgIpc) is 3.56. The zero-order valence-corrected chi connectivity index (χ0v) is 61.0. The summed E-state index contributed by atoms with van der Waals surface area (Å²) >= 11 is 0. The summed E-state index contributed by atoms with van der Waals surface area (Å²) in [6.07, 6.45) is 62.4. The van der Waals surface area contributed by atoms with Crippen LogP contribution in [-0.2, 0) is 43.0 Å². The predicted molar refractivity (Wildman–Crippen MR) is 380 cm³/mol. The summed E-state index contributed by atoms with van der Waals surface area (Å²) in [5, 5.41) is 17.9. The van der Waals surface area contributed by atoms with Crippen molar-refractivity contribution in [2.75, 3.05) is 6.61 Å². The Kier molecular flexibility index (Phi) is 76.4. The van der Waals surface area contributed by atoms with Crippen LogP contribution in [0.1, 0.15) is 441 Å². The smallest absolute Gasteiger partial charge is 0.306 e. The lowest BCUT2D eigenvalue weighted by Crippen LogP contribution is -2.19. The molecule has 0 saturated carbocycles. The van der Waals surface area contributed by atoms with Crippen LogP contribution in [0.25, 0.3) is 0 Å². The zero-order valence-electron chi connectivity index (χ0n) is 61.0. The summed E-state index contributed by atoms with van der Waals surface area (Å²) in [5.41, 5.74) is 0. The van der Waals surface area contributed by atoms with E-state index >= 15 is 0 Å². The van der Waals surface area contributed by atoms with Crippen molar-refractivity contribution in [2.24, 2.45) is 5.92 Å². The highest BCUT2D eigenvalue weighted by Crippen LogP contribution is 2.23. The monoisotopic (exact) mass is 1280 g/mol. The van der Waals surface area contributed by atoms with Gasteiger partial charge in [0.1, 0.15) is 29.9 Å². The molecule has 90 heavy (non-hydrogen) atoms. The Morgan fingerprint density at radius 3 is 0.622 bits per heavy atom. The van der Waals surface area contributed by atoms with Crippen LogP contribution >= 0.6 is 0 Å². The number of rotatable bonds is 68. The molecule has 534 valence electrons. The van der Waals surface area contributed by atoms with Crippen molar-refractivity contribution in [1.29, 1.82) is 0 Å². The Morgan fingerprint density at radius 2 is 0.433 bits per heavy atom. The minimum atomic E-state index is -0.878. The third-order valence-electron chi connectivity index (χ3n) is 17.7. The van der Waals surface area contributed by atoms with Crippen LogP contribution in [0.4, 0.5) is 0 Å². The molecule has 0 radical (unpaired) electrons. The average molecular weight is 1280 g/mol. The van der Waals surface area contributed by atoms with Gasteiger partial charge in [0, 0.05) is 58.0 Å². The summed E-state index contributed by atoms with van der Waals surface area (Å²) in [5.74, 6) is -0.668. The van der Waals surface area contributed by atoms with Crippen molar-refractivity contribution in [1.82, 2.24) is 0 Å². The Labute approximate surface area is 557 Å². The van der Waals surface area contributed by atoms with Crippen molar-refractivity contribution in [3.63, 3.8) is 0 Å². The number of esters is 3. The number of Topliss-reactive ketones (excluding diaryl/α,β-unsaturated/α-hetero) is 2. The van der Waals surface area contributed by atoms with E-state index in [9.17, 15) is 33.9 Å². The topological polar surface area (TPSA) is 171 Å². The van der Waals surface area contributed by atoms with Gasteiger partial charge in [-0.25, -0.2) is 0 Å². The fourth-order valence-corrected chi connectivity index (χ4v) is 11.8. The van der Waals surface area contributed by atoms with Gasteiger partial charge in [-0.2, -0.15) is 0 Å². The number of ketones is 2. The molecule has 0 saturated heterocycles. The minimum absolute atomic E-state index is 0.0111. The van der Waals surface area contributed by atoms with Crippen LogP contribution in [0.5, 0.6) is 0 Å². The molecule has 0 aliphatic heterocycles.